The average molecular weight is 857 g/mol. The maximum Gasteiger partial charge on any atom is 0.160 e. The van der Waals surface area contributed by atoms with Crippen molar-refractivity contribution in [3.8, 4) is 67.3 Å². The largest absolute Gasteiger partial charge is 0.228 e. The van der Waals surface area contributed by atoms with Crippen LogP contribution in [0.2, 0.25) is 0 Å². The molecule has 11 aromatic carbocycles. The van der Waals surface area contributed by atoms with Crippen LogP contribution in [0.15, 0.2) is 224 Å². The van der Waals surface area contributed by atoms with E-state index in [-0.39, 0.29) is 0 Å². The van der Waals surface area contributed by atoms with Gasteiger partial charge in [0.05, 0.1) is 11.4 Å². The molecule has 0 radical (unpaired) electrons. The van der Waals surface area contributed by atoms with E-state index in [2.05, 4.69) is 225 Å². The van der Waals surface area contributed by atoms with E-state index in [1.807, 2.05) is 17.4 Å². The summed E-state index contributed by atoms with van der Waals surface area (Å²) in [6.45, 7) is 2.18. The van der Waals surface area contributed by atoms with E-state index in [0.29, 0.717) is 0 Å². The molecule has 308 valence electrons. The Morgan fingerprint density at radius 1 is 0.303 bits per heavy atom. The van der Waals surface area contributed by atoms with E-state index in [4.69, 9.17) is 9.97 Å². The molecule has 0 atom stereocenters. The summed E-state index contributed by atoms with van der Waals surface area (Å²) < 4.78 is 2.57. The molecule has 2 nitrogen and oxygen atoms in total. The number of hydrogen-bond donors (Lipinski definition) is 0. The molecule has 0 unspecified atom stereocenters. The summed E-state index contributed by atoms with van der Waals surface area (Å²) in [6.07, 6.45) is 0. The molecule has 0 saturated carbocycles. The summed E-state index contributed by atoms with van der Waals surface area (Å²) in [5, 5.41) is 12.4. The van der Waals surface area contributed by atoms with Crippen molar-refractivity contribution in [3.63, 3.8) is 0 Å². The second kappa shape index (κ2) is 15.5. The van der Waals surface area contributed by atoms with Gasteiger partial charge >= 0.3 is 0 Å². The molecule has 2 aromatic heterocycles. The molecular formula is C63H40N2S. The molecule has 2 heterocycles. The standard InChI is InChI=1S/C63H40N2S/c1-39-60(41-22-7-3-8-23-41)64-63(42-24-9-4-10-25-42)65-61(39)59-51-32-17-15-30-49(51)58(50-31-16-18-33-52(50)59)54-35-19-34-53-44-37-36-43(38-55(44)66-62(53)54)57-47-28-13-11-26-45(47)56(40-20-5-2-6-21-40)46-27-12-14-29-48(46)57/h2-38H,1H3. The van der Waals surface area contributed by atoms with Crippen molar-refractivity contribution in [2.75, 3.05) is 0 Å². The first-order valence-electron chi connectivity index (χ1n) is 22.6. The van der Waals surface area contributed by atoms with Crippen molar-refractivity contribution in [1.82, 2.24) is 9.97 Å². The number of benzene rings is 11. The van der Waals surface area contributed by atoms with Crippen LogP contribution < -0.4 is 0 Å². The molecule has 0 spiro atoms. The van der Waals surface area contributed by atoms with Gasteiger partial charge < -0.3 is 0 Å². The van der Waals surface area contributed by atoms with Crippen molar-refractivity contribution in [1.29, 1.82) is 0 Å². The molecular weight excluding hydrogens is 817 g/mol. The van der Waals surface area contributed by atoms with Gasteiger partial charge in [0.1, 0.15) is 0 Å². The number of fused-ring (bicyclic) bond motifs is 7. The first-order chi connectivity index (χ1) is 32.7. The maximum absolute atomic E-state index is 5.46. The minimum Gasteiger partial charge on any atom is -0.228 e. The highest BCUT2D eigenvalue weighted by atomic mass is 32.1. The summed E-state index contributed by atoms with van der Waals surface area (Å²) in [6, 6.07) is 81.4. The molecule has 0 aliphatic carbocycles. The summed E-state index contributed by atoms with van der Waals surface area (Å²) in [5.74, 6) is 0.717. The predicted octanol–water partition coefficient (Wildman–Crippen LogP) is 17.8. The topological polar surface area (TPSA) is 25.8 Å². The van der Waals surface area contributed by atoms with Crippen LogP contribution in [0.1, 0.15) is 5.56 Å². The lowest BCUT2D eigenvalue weighted by Crippen LogP contribution is -2.01. The van der Waals surface area contributed by atoms with Gasteiger partial charge in [0, 0.05) is 48.0 Å². The van der Waals surface area contributed by atoms with Crippen LogP contribution in [0.25, 0.3) is 131 Å². The van der Waals surface area contributed by atoms with Crippen molar-refractivity contribution in [2.24, 2.45) is 0 Å². The van der Waals surface area contributed by atoms with E-state index in [9.17, 15) is 0 Å². The highest BCUT2D eigenvalue weighted by Gasteiger charge is 2.24. The summed E-state index contributed by atoms with van der Waals surface area (Å²) in [5.41, 5.74) is 13.7. The van der Waals surface area contributed by atoms with Gasteiger partial charge in [-0.05, 0) is 83.9 Å². The summed E-state index contributed by atoms with van der Waals surface area (Å²) in [4.78, 5) is 10.7. The van der Waals surface area contributed by atoms with E-state index in [0.717, 1.165) is 39.5 Å². The average Bonchev–Trinajstić information content (AvgIpc) is 3.76. The number of nitrogens with zero attached hydrogens (tertiary/aromatic N) is 2. The van der Waals surface area contributed by atoms with Gasteiger partial charge in [-0.25, -0.2) is 9.97 Å². The molecule has 0 saturated heterocycles. The fraction of sp³-hybridized carbons (Fsp3) is 0.0159. The minimum absolute atomic E-state index is 0.717. The normalized spacial score (nSPS) is 11.7. The Kier molecular flexibility index (Phi) is 8.97. The van der Waals surface area contributed by atoms with Crippen molar-refractivity contribution < 1.29 is 0 Å². The summed E-state index contributed by atoms with van der Waals surface area (Å²) >= 11 is 1.90. The number of aromatic nitrogens is 2. The molecule has 0 bridgehead atoms. The van der Waals surface area contributed by atoms with Gasteiger partial charge in [-0.15, -0.1) is 11.3 Å². The lowest BCUT2D eigenvalue weighted by molar-refractivity contribution is 1.15. The van der Waals surface area contributed by atoms with Crippen molar-refractivity contribution in [2.45, 2.75) is 6.92 Å². The second-order valence-electron chi connectivity index (χ2n) is 17.1. The highest BCUT2D eigenvalue weighted by Crippen LogP contribution is 2.50. The van der Waals surface area contributed by atoms with E-state index >= 15 is 0 Å². The zero-order chi connectivity index (χ0) is 43.7. The first kappa shape index (κ1) is 38.2. The molecule has 66 heavy (non-hydrogen) atoms. The van der Waals surface area contributed by atoms with Crippen LogP contribution in [0.5, 0.6) is 0 Å². The van der Waals surface area contributed by atoms with E-state index in [1.165, 1.54) is 96.6 Å². The van der Waals surface area contributed by atoms with Gasteiger partial charge in [-0.2, -0.15) is 0 Å². The number of hydrogen-bond acceptors (Lipinski definition) is 3. The smallest absolute Gasteiger partial charge is 0.160 e. The van der Waals surface area contributed by atoms with Gasteiger partial charge in [0.25, 0.3) is 0 Å². The minimum atomic E-state index is 0.717. The number of rotatable bonds is 6. The Labute approximate surface area is 386 Å². The zero-order valence-electron chi connectivity index (χ0n) is 36.2. The molecule has 0 aliphatic rings. The monoisotopic (exact) mass is 856 g/mol. The van der Waals surface area contributed by atoms with Crippen LogP contribution in [-0.2, 0) is 0 Å². The third kappa shape index (κ3) is 6.01. The zero-order valence-corrected chi connectivity index (χ0v) is 37.0. The molecule has 0 N–H and O–H groups in total. The highest BCUT2D eigenvalue weighted by molar-refractivity contribution is 7.26. The molecule has 0 amide bonds. The Morgan fingerprint density at radius 2 is 0.727 bits per heavy atom. The van der Waals surface area contributed by atoms with Gasteiger partial charge in [0.15, 0.2) is 5.82 Å². The van der Waals surface area contributed by atoms with E-state index < -0.39 is 0 Å². The Hall–Kier alpha value is -8.24. The Balaban J connectivity index is 1.04. The quantitative estimate of drug-likeness (QED) is 0.156. The van der Waals surface area contributed by atoms with Crippen molar-refractivity contribution in [3.05, 3.63) is 230 Å². The Bertz CT molecular complexity index is 3930. The third-order valence-electron chi connectivity index (χ3n) is 13.4. The Morgan fingerprint density at radius 3 is 1.27 bits per heavy atom. The van der Waals surface area contributed by atoms with E-state index in [1.54, 1.807) is 0 Å². The van der Waals surface area contributed by atoms with Gasteiger partial charge in [-0.1, -0.05) is 218 Å². The van der Waals surface area contributed by atoms with Crippen LogP contribution in [0, 0.1) is 6.92 Å². The molecule has 3 heteroatoms. The summed E-state index contributed by atoms with van der Waals surface area (Å²) in [7, 11) is 0. The van der Waals surface area contributed by atoms with Crippen LogP contribution in [0.4, 0.5) is 0 Å². The molecule has 0 fully saturated rings. The fourth-order valence-electron chi connectivity index (χ4n) is 10.5. The van der Waals surface area contributed by atoms with Crippen LogP contribution >= 0.6 is 11.3 Å². The van der Waals surface area contributed by atoms with Crippen LogP contribution in [0.3, 0.4) is 0 Å². The van der Waals surface area contributed by atoms with Gasteiger partial charge in [-0.3, -0.25) is 0 Å². The van der Waals surface area contributed by atoms with Gasteiger partial charge in [0.2, 0.25) is 0 Å². The molecule has 0 aliphatic heterocycles. The lowest BCUT2D eigenvalue weighted by atomic mass is 9.85. The molecule has 13 rings (SSSR count). The third-order valence-corrected chi connectivity index (χ3v) is 14.6. The second-order valence-corrected chi connectivity index (χ2v) is 18.2. The fourth-order valence-corrected chi connectivity index (χ4v) is 11.8. The van der Waals surface area contributed by atoms with Crippen molar-refractivity contribution >= 4 is 74.6 Å². The first-order valence-corrected chi connectivity index (χ1v) is 23.4. The SMILES string of the molecule is Cc1c(-c2ccccc2)nc(-c2ccccc2)nc1-c1c2ccccc2c(-c2cccc3c2sc2cc(-c4c5ccccc5c(-c5ccccc5)c5ccccc45)ccc23)c2ccccc12. The maximum atomic E-state index is 5.46. The number of thiophene rings is 1. The predicted molar refractivity (Wildman–Crippen MR) is 282 cm³/mol. The lowest BCUT2D eigenvalue weighted by Gasteiger charge is -2.20. The van der Waals surface area contributed by atoms with Crippen LogP contribution in [-0.4, -0.2) is 9.97 Å². The molecule has 13 aromatic rings.